The minimum atomic E-state index is -1.14. The van der Waals surface area contributed by atoms with E-state index in [2.05, 4.69) is 34.0 Å². The van der Waals surface area contributed by atoms with Crippen LogP contribution < -0.4 is 0 Å². The Morgan fingerprint density at radius 2 is 2.00 bits per heavy atom. The molecule has 4 heterocycles. The van der Waals surface area contributed by atoms with Crippen molar-refractivity contribution in [3.63, 3.8) is 0 Å². The van der Waals surface area contributed by atoms with E-state index in [0.29, 0.717) is 45.7 Å². The lowest BCUT2D eigenvalue weighted by Crippen LogP contribution is -2.57. The van der Waals surface area contributed by atoms with Crippen molar-refractivity contribution in [3.8, 4) is 0 Å². The molecule has 0 aromatic carbocycles. The molecule has 2 bridgehead atoms. The highest BCUT2D eigenvalue weighted by molar-refractivity contribution is 9.09. The fraction of sp³-hybridized carbons (Fsp3) is 0.720. The Morgan fingerprint density at radius 3 is 2.67 bits per heavy atom. The number of nitrogens with zero attached hydrogens (tertiary/aromatic N) is 3. The first kappa shape index (κ1) is 27.3. The van der Waals surface area contributed by atoms with Crippen LogP contribution in [0, 0.1) is 11.8 Å². The highest BCUT2D eigenvalue weighted by Gasteiger charge is 2.77. The average molecular weight is 570 g/mol. The molecule has 0 aliphatic carbocycles. The van der Waals surface area contributed by atoms with Crippen molar-refractivity contribution in [2.24, 2.45) is 11.8 Å². The summed E-state index contributed by atoms with van der Waals surface area (Å²) in [5.74, 6) is -2.67. The van der Waals surface area contributed by atoms with Gasteiger partial charge in [-0.25, -0.2) is 0 Å². The van der Waals surface area contributed by atoms with Crippen LogP contribution in [-0.4, -0.2) is 126 Å². The summed E-state index contributed by atoms with van der Waals surface area (Å²) in [4.78, 5) is 46.3. The third-order valence-electron chi connectivity index (χ3n) is 7.65. The summed E-state index contributed by atoms with van der Waals surface area (Å²) in [5.41, 5.74) is -1.14. The van der Waals surface area contributed by atoms with Crippen LogP contribution in [0.15, 0.2) is 25.3 Å². The van der Waals surface area contributed by atoms with Crippen LogP contribution in [0.3, 0.4) is 0 Å². The van der Waals surface area contributed by atoms with Gasteiger partial charge in [0.15, 0.2) is 0 Å². The summed E-state index contributed by atoms with van der Waals surface area (Å²) in [6, 6.07) is -0.895. The molecule has 4 fully saturated rings. The number of hydrogen-bond acceptors (Lipinski definition) is 8. The van der Waals surface area contributed by atoms with Crippen LogP contribution in [-0.2, 0) is 28.6 Å². The molecule has 36 heavy (non-hydrogen) atoms. The van der Waals surface area contributed by atoms with Gasteiger partial charge in [0.1, 0.15) is 18.2 Å². The summed E-state index contributed by atoms with van der Waals surface area (Å²) in [5, 5.41) is 9.49. The molecule has 4 aliphatic heterocycles. The number of carbonyl (C=O) groups excluding carboxylic acids is 3. The summed E-state index contributed by atoms with van der Waals surface area (Å²) in [6.07, 6.45) is 3.34. The van der Waals surface area contributed by atoms with Crippen molar-refractivity contribution in [3.05, 3.63) is 25.3 Å². The van der Waals surface area contributed by atoms with E-state index in [4.69, 9.17) is 14.2 Å². The molecular weight excluding hydrogens is 534 g/mol. The highest BCUT2D eigenvalue weighted by Crippen LogP contribution is 2.60. The van der Waals surface area contributed by atoms with Gasteiger partial charge in [0.2, 0.25) is 11.8 Å². The van der Waals surface area contributed by atoms with E-state index in [-0.39, 0.29) is 36.4 Å². The molecule has 3 unspecified atom stereocenters. The second-order valence-corrected chi connectivity index (χ2v) is 10.9. The molecule has 4 rings (SSSR count). The second-order valence-electron chi connectivity index (χ2n) is 9.72. The minimum Gasteiger partial charge on any atom is -0.461 e. The number of aliphatic hydroxyl groups excluding tert-OH is 1. The molecular formula is C25H36BrN3O7. The zero-order valence-electron chi connectivity index (χ0n) is 20.6. The molecule has 10 nitrogen and oxygen atoms in total. The monoisotopic (exact) mass is 569 g/mol. The number of fused-ring (bicyclic) bond motifs is 1. The van der Waals surface area contributed by atoms with E-state index >= 15 is 0 Å². The molecule has 0 aromatic rings. The standard InChI is InChI=1S/C25H36BrN3O7/c1-3-6-28(9-8-27-10-14-34-15-11-27)23(32)21-25-16-17(26)20(36-25)18(24(33)35-13-4-2)19(25)22(31)29(21)7-5-12-30/h3-4,17-21,30H,1-2,5-16H2/t17?,18-,19+,20-,21?,25?/m1/s1. The third-order valence-corrected chi connectivity index (χ3v) is 8.49. The van der Waals surface area contributed by atoms with Crippen LogP contribution in [0.1, 0.15) is 12.8 Å². The van der Waals surface area contributed by atoms with E-state index in [9.17, 15) is 19.5 Å². The molecule has 0 radical (unpaired) electrons. The van der Waals surface area contributed by atoms with E-state index in [1.165, 1.54) is 11.0 Å². The number of esters is 1. The van der Waals surface area contributed by atoms with Gasteiger partial charge in [0.05, 0.1) is 31.2 Å². The van der Waals surface area contributed by atoms with Crippen molar-refractivity contribution in [1.82, 2.24) is 14.7 Å². The smallest absolute Gasteiger partial charge is 0.312 e. The Kier molecular flexibility index (Phi) is 8.87. The first-order valence-corrected chi connectivity index (χ1v) is 13.5. The molecule has 6 atom stereocenters. The van der Waals surface area contributed by atoms with Crippen molar-refractivity contribution < 1.29 is 33.7 Å². The molecule has 0 saturated carbocycles. The number of aliphatic hydroxyl groups is 1. The van der Waals surface area contributed by atoms with Gasteiger partial charge in [0.25, 0.3) is 0 Å². The van der Waals surface area contributed by atoms with E-state index in [1.54, 1.807) is 11.0 Å². The van der Waals surface area contributed by atoms with Crippen LogP contribution in [0.2, 0.25) is 0 Å². The number of morpholine rings is 1. The predicted octanol–water partition coefficient (Wildman–Crippen LogP) is 0.193. The molecule has 11 heteroatoms. The Balaban J connectivity index is 1.63. The van der Waals surface area contributed by atoms with Gasteiger partial charge < -0.3 is 29.1 Å². The van der Waals surface area contributed by atoms with Gasteiger partial charge in [-0.15, -0.1) is 6.58 Å². The van der Waals surface area contributed by atoms with Crippen LogP contribution >= 0.6 is 15.9 Å². The Labute approximate surface area is 220 Å². The van der Waals surface area contributed by atoms with E-state index < -0.39 is 35.6 Å². The molecule has 200 valence electrons. The van der Waals surface area contributed by atoms with Gasteiger partial charge in [0, 0.05) is 50.7 Å². The summed E-state index contributed by atoms with van der Waals surface area (Å²) in [7, 11) is 0. The van der Waals surface area contributed by atoms with Crippen molar-refractivity contribution in [2.45, 2.75) is 35.4 Å². The van der Waals surface area contributed by atoms with Gasteiger partial charge in [-0.3, -0.25) is 19.3 Å². The number of carbonyl (C=O) groups is 3. The number of hydrogen-bond donors (Lipinski definition) is 1. The Morgan fingerprint density at radius 1 is 1.25 bits per heavy atom. The average Bonchev–Trinajstić information content (AvgIpc) is 3.47. The summed E-state index contributed by atoms with van der Waals surface area (Å²) < 4.78 is 17.2. The molecule has 4 saturated heterocycles. The second kappa shape index (κ2) is 11.7. The largest absolute Gasteiger partial charge is 0.461 e. The van der Waals surface area contributed by atoms with Gasteiger partial charge in [-0.05, 0) is 12.8 Å². The van der Waals surface area contributed by atoms with Gasteiger partial charge in [-0.2, -0.15) is 0 Å². The van der Waals surface area contributed by atoms with Crippen LogP contribution in [0.5, 0.6) is 0 Å². The number of alkyl halides is 1. The zero-order chi connectivity index (χ0) is 25.9. The molecule has 4 aliphatic rings. The number of ether oxygens (including phenoxy) is 3. The van der Waals surface area contributed by atoms with E-state index in [1.807, 2.05) is 0 Å². The predicted molar refractivity (Wildman–Crippen MR) is 134 cm³/mol. The van der Waals surface area contributed by atoms with Gasteiger partial charge >= 0.3 is 5.97 Å². The first-order valence-electron chi connectivity index (χ1n) is 12.6. The molecule has 0 aromatic heterocycles. The maximum absolute atomic E-state index is 14.2. The van der Waals surface area contributed by atoms with Gasteiger partial charge in [-0.1, -0.05) is 34.7 Å². The number of rotatable bonds is 12. The van der Waals surface area contributed by atoms with Crippen molar-refractivity contribution >= 4 is 33.7 Å². The lowest BCUT2D eigenvalue weighted by molar-refractivity contribution is -0.154. The Bertz CT molecular complexity index is 867. The lowest BCUT2D eigenvalue weighted by Gasteiger charge is -2.37. The Hall–Kier alpha value is -1.79. The van der Waals surface area contributed by atoms with Crippen LogP contribution in [0.25, 0.3) is 0 Å². The number of amides is 2. The minimum absolute atomic E-state index is 0.0359. The number of likely N-dealkylation sites (tertiary alicyclic amines) is 1. The van der Waals surface area contributed by atoms with E-state index in [0.717, 1.165) is 13.1 Å². The zero-order valence-corrected chi connectivity index (χ0v) is 22.1. The quantitative estimate of drug-likeness (QED) is 0.201. The SMILES string of the molecule is C=CCOC(=O)[C@H]1[C@@H]2OC3(CC2Br)C(C(=O)N(CC=C)CCN2CCOCC2)N(CCCO)C(=O)[C@H]13. The maximum Gasteiger partial charge on any atom is 0.312 e. The molecule has 2 amide bonds. The third kappa shape index (κ3) is 4.88. The maximum atomic E-state index is 14.2. The number of halogens is 1. The normalized spacial score (nSPS) is 33.4. The molecule has 1 spiro atoms. The highest BCUT2D eigenvalue weighted by atomic mass is 79.9. The summed E-state index contributed by atoms with van der Waals surface area (Å²) in [6.45, 7) is 11.9. The topological polar surface area (TPSA) is 109 Å². The fourth-order valence-corrected chi connectivity index (χ4v) is 7.05. The van der Waals surface area contributed by atoms with Crippen molar-refractivity contribution in [1.29, 1.82) is 0 Å². The van der Waals surface area contributed by atoms with Crippen molar-refractivity contribution in [2.75, 3.05) is 65.7 Å². The molecule has 1 N–H and O–H groups in total. The van der Waals surface area contributed by atoms with Crippen LogP contribution in [0.4, 0.5) is 0 Å². The fourth-order valence-electron chi connectivity index (χ4n) is 6.10. The summed E-state index contributed by atoms with van der Waals surface area (Å²) >= 11 is 3.64. The first-order chi connectivity index (χ1) is 17.4. The lowest BCUT2D eigenvalue weighted by atomic mass is 9.70.